The summed E-state index contributed by atoms with van der Waals surface area (Å²) in [5, 5.41) is 13.0. The molecule has 1 fully saturated rings. The van der Waals surface area contributed by atoms with Gasteiger partial charge in [0.15, 0.2) is 0 Å². The Morgan fingerprint density at radius 3 is 2.57 bits per heavy atom. The quantitative estimate of drug-likeness (QED) is 0.734. The monoisotopic (exact) mass is 290 g/mol. The summed E-state index contributed by atoms with van der Waals surface area (Å²) < 4.78 is 0. The van der Waals surface area contributed by atoms with Crippen LogP contribution in [0.25, 0.3) is 0 Å². The standard InChI is InChI=1S/C17H26N2O2/c1-3-17(16(20)21,18-14-10-11-14)12-7-13-19(2)15-8-5-4-6-9-15/h4-6,8-9,14,18H,3,7,10-13H2,1-2H3,(H,20,21). The van der Waals surface area contributed by atoms with Crippen LogP contribution in [-0.2, 0) is 4.79 Å². The first-order valence-electron chi connectivity index (χ1n) is 7.84. The van der Waals surface area contributed by atoms with E-state index in [1.807, 2.05) is 25.1 Å². The summed E-state index contributed by atoms with van der Waals surface area (Å²) in [5.41, 5.74) is 0.420. The molecule has 2 rings (SSSR count). The maximum absolute atomic E-state index is 11.7. The first-order valence-corrected chi connectivity index (χ1v) is 7.84. The molecule has 0 bridgehead atoms. The molecule has 0 saturated heterocycles. The predicted octanol–water partition coefficient (Wildman–Crippen LogP) is 2.89. The molecule has 0 spiro atoms. The fraction of sp³-hybridized carbons (Fsp3) is 0.588. The van der Waals surface area contributed by atoms with Gasteiger partial charge < -0.3 is 10.0 Å². The Bertz CT molecular complexity index is 459. The van der Waals surface area contributed by atoms with Crippen LogP contribution >= 0.6 is 0 Å². The minimum atomic E-state index is -0.751. The molecule has 2 N–H and O–H groups in total. The molecule has 4 nitrogen and oxygen atoms in total. The Hall–Kier alpha value is -1.55. The third-order valence-corrected chi connectivity index (χ3v) is 4.36. The molecule has 21 heavy (non-hydrogen) atoms. The molecule has 1 aliphatic rings. The number of rotatable bonds is 9. The third-order valence-electron chi connectivity index (χ3n) is 4.36. The number of anilines is 1. The highest BCUT2D eigenvalue weighted by Gasteiger charge is 2.40. The number of nitrogens with one attached hydrogen (secondary N) is 1. The SMILES string of the molecule is CCC(CCCN(C)c1ccccc1)(NC1CC1)C(=O)O. The molecule has 1 unspecified atom stereocenters. The molecular weight excluding hydrogens is 264 g/mol. The van der Waals surface area contributed by atoms with Crippen molar-refractivity contribution >= 4 is 11.7 Å². The summed E-state index contributed by atoms with van der Waals surface area (Å²) in [4.78, 5) is 13.9. The lowest BCUT2D eigenvalue weighted by Crippen LogP contribution is -2.53. The van der Waals surface area contributed by atoms with Crippen molar-refractivity contribution < 1.29 is 9.90 Å². The fourth-order valence-electron chi connectivity index (χ4n) is 2.72. The van der Waals surface area contributed by atoms with Gasteiger partial charge in [-0.25, -0.2) is 0 Å². The van der Waals surface area contributed by atoms with Gasteiger partial charge in [0.05, 0.1) is 0 Å². The zero-order valence-corrected chi connectivity index (χ0v) is 13.0. The normalized spacial score (nSPS) is 17.2. The Balaban J connectivity index is 1.88. The van der Waals surface area contributed by atoms with Crippen LogP contribution < -0.4 is 10.2 Å². The second-order valence-corrected chi connectivity index (χ2v) is 6.02. The van der Waals surface area contributed by atoms with Crippen molar-refractivity contribution in [2.24, 2.45) is 0 Å². The van der Waals surface area contributed by atoms with Crippen LogP contribution in [0.15, 0.2) is 30.3 Å². The topological polar surface area (TPSA) is 52.6 Å². The second kappa shape index (κ2) is 6.94. The summed E-state index contributed by atoms with van der Waals surface area (Å²) in [6, 6.07) is 10.6. The van der Waals surface area contributed by atoms with E-state index in [-0.39, 0.29) is 0 Å². The number of hydrogen-bond acceptors (Lipinski definition) is 3. The number of carbonyl (C=O) groups is 1. The number of nitrogens with zero attached hydrogens (tertiary/aromatic N) is 1. The van der Waals surface area contributed by atoms with Crippen molar-refractivity contribution in [1.82, 2.24) is 5.32 Å². The van der Waals surface area contributed by atoms with E-state index >= 15 is 0 Å². The van der Waals surface area contributed by atoms with Gasteiger partial charge in [0.25, 0.3) is 0 Å². The van der Waals surface area contributed by atoms with Crippen LogP contribution in [0, 0.1) is 0 Å². The summed E-state index contributed by atoms with van der Waals surface area (Å²) in [5.74, 6) is -0.709. The molecule has 116 valence electrons. The summed E-state index contributed by atoms with van der Waals surface area (Å²) >= 11 is 0. The van der Waals surface area contributed by atoms with Crippen LogP contribution in [0.3, 0.4) is 0 Å². The van der Waals surface area contributed by atoms with Crippen molar-refractivity contribution in [1.29, 1.82) is 0 Å². The molecule has 1 atom stereocenters. The minimum Gasteiger partial charge on any atom is -0.480 e. The number of aliphatic carboxylic acids is 1. The fourth-order valence-corrected chi connectivity index (χ4v) is 2.72. The lowest BCUT2D eigenvalue weighted by Gasteiger charge is -2.31. The Morgan fingerprint density at radius 1 is 1.38 bits per heavy atom. The molecule has 0 radical (unpaired) electrons. The van der Waals surface area contributed by atoms with Gasteiger partial charge in [-0.15, -0.1) is 0 Å². The van der Waals surface area contributed by atoms with Crippen LogP contribution in [0.2, 0.25) is 0 Å². The molecule has 0 aromatic heterocycles. The molecular formula is C17H26N2O2. The molecule has 1 aromatic rings. The Morgan fingerprint density at radius 2 is 2.05 bits per heavy atom. The number of para-hydroxylation sites is 1. The first kappa shape index (κ1) is 15.8. The predicted molar refractivity (Wildman–Crippen MR) is 85.8 cm³/mol. The highest BCUT2D eigenvalue weighted by molar-refractivity contribution is 5.78. The van der Waals surface area contributed by atoms with Crippen LogP contribution in [-0.4, -0.2) is 36.2 Å². The van der Waals surface area contributed by atoms with Gasteiger partial charge in [0, 0.05) is 25.3 Å². The van der Waals surface area contributed by atoms with E-state index in [0.717, 1.165) is 25.8 Å². The Kier molecular flexibility index (Phi) is 5.23. The van der Waals surface area contributed by atoms with E-state index in [9.17, 15) is 9.90 Å². The molecule has 1 aromatic carbocycles. The highest BCUT2D eigenvalue weighted by atomic mass is 16.4. The van der Waals surface area contributed by atoms with Crippen molar-refractivity contribution in [2.75, 3.05) is 18.5 Å². The van der Waals surface area contributed by atoms with Gasteiger partial charge in [-0.05, 0) is 44.2 Å². The molecule has 0 aliphatic heterocycles. The average molecular weight is 290 g/mol. The number of benzene rings is 1. The van der Waals surface area contributed by atoms with Crippen molar-refractivity contribution in [3.63, 3.8) is 0 Å². The summed E-state index contributed by atoms with van der Waals surface area (Å²) in [6.45, 7) is 2.83. The van der Waals surface area contributed by atoms with Crippen molar-refractivity contribution in [3.05, 3.63) is 30.3 Å². The molecule has 0 heterocycles. The molecule has 1 aliphatic carbocycles. The lowest BCUT2D eigenvalue weighted by atomic mass is 9.90. The van der Waals surface area contributed by atoms with Crippen LogP contribution in [0.4, 0.5) is 5.69 Å². The lowest BCUT2D eigenvalue weighted by molar-refractivity contribution is -0.145. The maximum atomic E-state index is 11.7. The average Bonchev–Trinajstić information content (AvgIpc) is 3.30. The van der Waals surface area contributed by atoms with E-state index in [0.29, 0.717) is 18.9 Å². The second-order valence-electron chi connectivity index (χ2n) is 6.02. The summed E-state index contributed by atoms with van der Waals surface area (Å²) in [6.07, 6.45) is 4.39. The van der Waals surface area contributed by atoms with Gasteiger partial charge in [-0.3, -0.25) is 10.1 Å². The van der Waals surface area contributed by atoms with E-state index in [1.165, 1.54) is 5.69 Å². The third kappa shape index (κ3) is 4.21. The summed E-state index contributed by atoms with van der Waals surface area (Å²) in [7, 11) is 2.05. The van der Waals surface area contributed by atoms with Crippen LogP contribution in [0.5, 0.6) is 0 Å². The highest BCUT2D eigenvalue weighted by Crippen LogP contribution is 2.27. The maximum Gasteiger partial charge on any atom is 0.323 e. The van der Waals surface area contributed by atoms with Gasteiger partial charge in [0.1, 0.15) is 5.54 Å². The smallest absolute Gasteiger partial charge is 0.323 e. The van der Waals surface area contributed by atoms with Crippen molar-refractivity contribution in [2.45, 2.75) is 50.6 Å². The zero-order chi connectivity index (χ0) is 15.3. The van der Waals surface area contributed by atoms with E-state index in [4.69, 9.17) is 0 Å². The minimum absolute atomic E-state index is 0.410. The number of carboxylic acid groups (broad SMARTS) is 1. The number of carboxylic acids is 1. The zero-order valence-electron chi connectivity index (χ0n) is 13.0. The van der Waals surface area contributed by atoms with Gasteiger partial charge in [0.2, 0.25) is 0 Å². The molecule has 4 heteroatoms. The first-order chi connectivity index (χ1) is 10.1. The van der Waals surface area contributed by atoms with Gasteiger partial charge >= 0.3 is 5.97 Å². The largest absolute Gasteiger partial charge is 0.480 e. The van der Waals surface area contributed by atoms with Gasteiger partial charge in [-0.2, -0.15) is 0 Å². The van der Waals surface area contributed by atoms with Crippen molar-refractivity contribution in [3.8, 4) is 0 Å². The number of hydrogen-bond donors (Lipinski definition) is 2. The van der Waals surface area contributed by atoms with Gasteiger partial charge in [-0.1, -0.05) is 25.1 Å². The van der Waals surface area contributed by atoms with E-state index in [1.54, 1.807) is 0 Å². The van der Waals surface area contributed by atoms with E-state index in [2.05, 4.69) is 29.4 Å². The van der Waals surface area contributed by atoms with E-state index < -0.39 is 11.5 Å². The van der Waals surface area contributed by atoms with Crippen LogP contribution in [0.1, 0.15) is 39.0 Å². The molecule has 0 amide bonds. The molecule has 1 saturated carbocycles. The Labute approximate surface area is 127 Å².